The molecule has 0 aliphatic carbocycles. The quantitative estimate of drug-likeness (QED) is 0.623. The molecule has 0 radical (unpaired) electrons. The third kappa shape index (κ3) is 4.39. The van der Waals surface area contributed by atoms with Crippen LogP contribution < -0.4 is 9.47 Å². The van der Waals surface area contributed by atoms with Gasteiger partial charge in [-0.1, -0.05) is 18.2 Å². The highest BCUT2D eigenvalue weighted by atomic mass is 16.5. The fraction of sp³-hybridized carbons (Fsp3) is 0.250. The van der Waals surface area contributed by atoms with E-state index < -0.39 is 0 Å². The highest BCUT2D eigenvalue weighted by molar-refractivity contribution is 5.46. The van der Waals surface area contributed by atoms with Crippen molar-refractivity contribution in [1.29, 1.82) is 0 Å². The average molecular weight is 338 g/mol. The van der Waals surface area contributed by atoms with Crippen LogP contribution in [-0.2, 0) is 19.6 Å². The van der Waals surface area contributed by atoms with E-state index >= 15 is 0 Å². The molecular weight excluding hydrogens is 316 g/mol. The van der Waals surface area contributed by atoms with Gasteiger partial charge in [-0.3, -0.25) is 9.88 Å². The number of furan rings is 1. The van der Waals surface area contributed by atoms with Gasteiger partial charge in [0.25, 0.3) is 0 Å². The van der Waals surface area contributed by atoms with Crippen LogP contribution in [0.5, 0.6) is 11.5 Å². The van der Waals surface area contributed by atoms with E-state index in [9.17, 15) is 0 Å². The molecule has 0 N–H and O–H groups in total. The summed E-state index contributed by atoms with van der Waals surface area (Å²) in [7, 11) is 3.32. The second-order valence-corrected chi connectivity index (χ2v) is 5.75. The predicted molar refractivity (Wildman–Crippen MR) is 95.4 cm³/mol. The Labute approximate surface area is 147 Å². The molecule has 5 nitrogen and oxygen atoms in total. The van der Waals surface area contributed by atoms with Crippen molar-refractivity contribution >= 4 is 0 Å². The Balaban J connectivity index is 1.84. The van der Waals surface area contributed by atoms with Crippen LogP contribution in [0.2, 0.25) is 0 Å². The first-order chi connectivity index (χ1) is 12.3. The number of benzene rings is 1. The summed E-state index contributed by atoms with van der Waals surface area (Å²) >= 11 is 0. The van der Waals surface area contributed by atoms with Crippen LogP contribution in [0.4, 0.5) is 0 Å². The molecule has 2 aromatic heterocycles. The maximum Gasteiger partial charge on any atom is 0.165 e. The summed E-state index contributed by atoms with van der Waals surface area (Å²) in [5, 5.41) is 0. The number of ether oxygens (including phenoxy) is 2. The second kappa shape index (κ2) is 8.35. The minimum Gasteiger partial charge on any atom is -0.493 e. The average Bonchev–Trinajstić information content (AvgIpc) is 3.15. The zero-order valence-electron chi connectivity index (χ0n) is 14.5. The number of para-hydroxylation sites is 1. The van der Waals surface area contributed by atoms with Crippen LogP contribution >= 0.6 is 0 Å². The summed E-state index contributed by atoms with van der Waals surface area (Å²) < 4.78 is 16.2. The highest BCUT2D eigenvalue weighted by Crippen LogP contribution is 2.32. The van der Waals surface area contributed by atoms with E-state index in [-0.39, 0.29) is 0 Å². The predicted octanol–water partition coefficient (Wildman–Crippen LogP) is 3.89. The molecule has 0 bridgehead atoms. The minimum absolute atomic E-state index is 0.710. The van der Waals surface area contributed by atoms with Crippen molar-refractivity contribution in [2.24, 2.45) is 0 Å². The third-order valence-corrected chi connectivity index (χ3v) is 3.98. The van der Waals surface area contributed by atoms with Gasteiger partial charge in [-0.2, -0.15) is 0 Å². The summed E-state index contributed by atoms with van der Waals surface area (Å²) in [6.07, 6.45) is 5.28. The van der Waals surface area contributed by atoms with Gasteiger partial charge in [0.2, 0.25) is 0 Å². The van der Waals surface area contributed by atoms with E-state index in [0.29, 0.717) is 6.54 Å². The summed E-state index contributed by atoms with van der Waals surface area (Å²) in [5.74, 6) is 1.50. The molecule has 25 heavy (non-hydrogen) atoms. The first-order valence-electron chi connectivity index (χ1n) is 8.13. The monoisotopic (exact) mass is 338 g/mol. The Hall–Kier alpha value is -2.79. The van der Waals surface area contributed by atoms with Gasteiger partial charge in [-0.05, 0) is 24.3 Å². The lowest BCUT2D eigenvalue weighted by molar-refractivity contribution is 0.238. The number of nitrogens with zero attached hydrogens (tertiary/aromatic N) is 2. The van der Waals surface area contributed by atoms with Crippen molar-refractivity contribution in [3.63, 3.8) is 0 Å². The summed E-state index contributed by atoms with van der Waals surface area (Å²) in [4.78, 5) is 6.74. The first kappa shape index (κ1) is 17.0. The van der Waals surface area contributed by atoms with Crippen molar-refractivity contribution in [2.45, 2.75) is 19.6 Å². The van der Waals surface area contributed by atoms with E-state index in [1.54, 1.807) is 26.7 Å². The van der Waals surface area contributed by atoms with Gasteiger partial charge in [0.1, 0.15) is 0 Å². The molecule has 2 heterocycles. The molecule has 0 fully saturated rings. The third-order valence-electron chi connectivity index (χ3n) is 3.98. The van der Waals surface area contributed by atoms with Gasteiger partial charge in [0.15, 0.2) is 11.5 Å². The zero-order valence-corrected chi connectivity index (χ0v) is 14.5. The molecule has 1 aromatic carbocycles. The smallest absolute Gasteiger partial charge is 0.165 e. The number of pyridine rings is 1. The normalized spacial score (nSPS) is 10.8. The maximum atomic E-state index is 5.57. The van der Waals surface area contributed by atoms with Crippen molar-refractivity contribution in [2.75, 3.05) is 14.2 Å². The SMILES string of the molecule is COc1cccc(CN(Cc2ccoc2)Cc2ccccn2)c1OC. The number of methoxy groups -OCH3 is 2. The first-order valence-corrected chi connectivity index (χ1v) is 8.13. The lowest BCUT2D eigenvalue weighted by Crippen LogP contribution is -2.23. The Morgan fingerprint density at radius 3 is 2.56 bits per heavy atom. The molecule has 0 atom stereocenters. The summed E-state index contributed by atoms with van der Waals surface area (Å²) in [6.45, 7) is 2.20. The van der Waals surface area contributed by atoms with E-state index in [1.807, 2.05) is 42.6 Å². The van der Waals surface area contributed by atoms with E-state index in [1.165, 1.54) is 0 Å². The molecule has 0 unspecified atom stereocenters. The summed E-state index contributed by atoms with van der Waals surface area (Å²) in [5.41, 5.74) is 3.21. The number of rotatable bonds is 8. The molecular formula is C20H22N2O3. The second-order valence-electron chi connectivity index (χ2n) is 5.75. The molecule has 0 saturated heterocycles. The lowest BCUT2D eigenvalue weighted by Gasteiger charge is -2.23. The largest absolute Gasteiger partial charge is 0.493 e. The minimum atomic E-state index is 0.710. The molecule has 3 rings (SSSR count). The number of hydrogen-bond acceptors (Lipinski definition) is 5. The fourth-order valence-corrected chi connectivity index (χ4v) is 2.85. The fourth-order valence-electron chi connectivity index (χ4n) is 2.85. The number of hydrogen-bond donors (Lipinski definition) is 0. The van der Waals surface area contributed by atoms with Crippen LogP contribution in [-0.4, -0.2) is 24.1 Å². The maximum absolute atomic E-state index is 5.57. The van der Waals surface area contributed by atoms with Crippen LogP contribution in [0.1, 0.15) is 16.8 Å². The van der Waals surface area contributed by atoms with Gasteiger partial charge in [0, 0.05) is 37.0 Å². The molecule has 3 aromatic rings. The Morgan fingerprint density at radius 2 is 1.88 bits per heavy atom. The van der Waals surface area contributed by atoms with Crippen molar-refractivity contribution in [3.8, 4) is 11.5 Å². The highest BCUT2D eigenvalue weighted by Gasteiger charge is 2.15. The van der Waals surface area contributed by atoms with Crippen LogP contribution in [0.3, 0.4) is 0 Å². The molecule has 5 heteroatoms. The Bertz CT molecular complexity index is 773. The van der Waals surface area contributed by atoms with Gasteiger partial charge < -0.3 is 13.9 Å². The molecule has 130 valence electrons. The molecule has 0 aliphatic rings. The van der Waals surface area contributed by atoms with E-state index in [0.717, 1.165) is 41.4 Å². The van der Waals surface area contributed by atoms with Crippen molar-refractivity contribution < 1.29 is 13.9 Å². The van der Waals surface area contributed by atoms with Crippen LogP contribution in [0, 0.1) is 0 Å². The molecule has 0 spiro atoms. The molecule has 0 saturated carbocycles. The van der Waals surface area contributed by atoms with Gasteiger partial charge in [-0.15, -0.1) is 0 Å². The Kier molecular flexibility index (Phi) is 5.69. The van der Waals surface area contributed by atoms with Gasteiger partial charge in [-0.25, -0.2) is 0 Å². The van der Waals surface area contributed by atoms with Crippen molar-refractivity contribution in [3.05, 3.63) is 78.0 Å². The summed E-state index contributed by atoms with van der Waals surface area (Å²) in [6, 6.07) is 13.9. The zero-order chi connectivity index (χ0) is 17.5. The van der Waals surface area contributed by atoms with Gasteiger partial charge in [0.05, 0.1) is 32.4 Å². The molecule has 0 amide bonds. The van der Waals surface area contributed by atoms with Gasteiger partial charge >= 0.3 is 0 Å². The van der Waals surface area contributed by atoms with Crippen LogP contribution in [0.25, 0.3) is 0 Å². The topological polar surface area (TPSA) is 47.7 Å². The molecule has 0 aliphatic heterocycles. The standard InChI is InChI=1S/C20H22N2O3/c1-23-19-8-5-6-17(20(19)24-2)13-22(12-16-9-11-25-15-16)14-18-7-3-4-10-21-18/h3-11,15H,12-14H2,1-2H3. The van der Waals surface area contributed by atoms with Crippen LogP contribution in [0.15, 0.2) is 65.6 Å². The Morgan fingerprint density at radius 1 is 0.960 bits per heavy atom. The van der Waals surface area contributed by atoms with Crippen molar-refractivity contribution in [1.82, 2.24) is 9.88 Å². The lowest BCUT2D eigenvalue weighted by atomic mass is 10.1. The van der Waals surface area contributed by atoms with E-state index in [2.05, 4.69) is 16.0 Å². The van der Waals surface area contributed by atoms with E-state index in [4.69, 9.17) is 13.9 Å². The number of aromatic nitrogens is 1.